The van der Waals surface area contributed by atoms with Crippen molar-refractivity contribution in [2.45, 2.75) is 51.4 Å². The van der Waals surface area contributed by atoms with Gasteiger partial charge in [0, 0.05) is 23.4 Å². The van der Waals surface area contributed by atoms with E-state index in [1.54, 1.807) is 20.0 Å². The summed E-state index contributed by atoms with van der Waals surface area (Å²) in [7, 11) is 0. The summed E-state index contributed by atoms with van der Waals surface area (Å²) in [5, 5.41) is 3.56. The number of pyridine rings is 1. The summed E-state index contributed by atoms with van der Waals surface area (Å²) in [5.41, 5.74) is -0.00143. The molecule has 1 aliphatic carbocycles. The van der Waals surface area contributed by atoms with Crippen LogP contribution in [0.1, 0.15) is 55.0 Å². The first kappa shape index (κ1) is 20.3. The Balaban J connectivity index is 1.75. The quantitative estimate of drug-likeness (QED) is 0.589. The largest absolute Gasteiger partial charge is 0.363 e. The molecule has 4 rings (SSSR count). The number of alkyl halides is 3. The molecule has 0 aliphatic heterocycles. The highest BCUT2D eigenvalue weighted by Gasteiger charge is 2.31. The number of benzene rings is 1. The second-order valence-corrected chi connectivity index (χ2v) is 7.59. The van der Waals surface area contributed by atoms with E-state index in [0.29, 0.717) is 22.3 Å². The summed E-state index contributed by atoms with van der Waals surface area (Å²) in [6, 6.07) is 2.94. The summed E-state index contributed by atoms with van der Waals surface area (Å²) in [6.07, 6.45) is -0.445. The highest BCUT2D eigenvalue weighted by atomic mass is 19.3. The maximum absolute atomic E-state index is 14.5. The molecule has 5 nitrogen and oxygen atoms in total. The molecule has 1 saturated carbocycles. The second kappa shape index (κ2) is 7.70. The molecule has 158 valence electrons. The molecule has 0 bridgehead atoms. The van der Waals surface area contributed by atoms with Crippen LogP contribution in [0.3, 0.4) is 0 Å². The molecule has 1 N–H and O–H groups in total. The molecule has 30 heavy (non-hydrogen) atoms. The summed E-state index contributed by atoms with van der Waals surface area (Å²) in [4.78, 5) is 21.1. The first-order valence-corrected chi connectivity index (χ1v) is 9.61. The molecule has 0 spiro atoms. The molecule has 1 aromatic carbocycles. The van der Waals surface area contributed by atoms with Crippen LogP contribution in [0.15, 0.2) is 35.5 Å². The minimum Gasteiger partial charge on any atom is -0.363 e. The average molecular weight is 420 g/mol. The lowest BCUT2D eigenvalue weighted by molar-refractivity contribution is 0.134. The fourth-order valence-corrected chi connectivity index (χ4v) is 3.80. The Kier molecular flexibility index (Phi) is 5.21. The van der Waals surface area contributed by atoms with Gasteiger partial charge in [-0.1, -0.05) is 18.2 Å². The van der Waals surface area contributed by atoms with E-state index >= 15 is 0 Å². The number of halogens is 4. The summed E-state index contributed by atoms with van der Waals surface area (Å²) in [5.74, 6) is -0.635. The molecule has 3 aromatic rings. The third-order valence-corrected chi connectivity index (χ3v) is 5.62. The highest BCUT2D eigenvalue weighted by molar-refractivity contribution is 5.90. The van der Waals surface area contributed by atoms with Crippen molar-refractivity contribution in [3.05, 3.63) is 63.6 Å². The van der Waals surface area contributed by atoms with Crippen molar-refractivity contribution in [3.8, 4) is 0 Å². The van der Waals surface area contributed by atoms with Crippen LogP contribution in [-0.2, 0) is 0 Å². The molecule has 2 aromatic heterocycles. The lowest BCUT2D eigenvalue weighted by atomic mass is 9.90. The monoisotopic (exact) mass is 420 g/mol. The van der Waals surface area contributed by atoms with Crippen LogP contribution in [0, 0.1) is 12.7 Å². The number of nitrogens with one attached hydrogen (secondary N) is 1. The van der Waals surface area contributed by atoms with E-state index in [-0.39, 0.29) is 30.0 Å². The lowest BCUT2D eigenvalue weighted by Crippen LogP contribution is -2.35. The number of rotatable bonds is 5. The van der Waals surface area contributed by atoms with Gasteiger partial charge in [-0.25, -0.2) is 27.5 Å². The van der Waals surface area contributed by atoms with E-state index in [2.05, 4.69) is 15.3 Å². The fourth-order valence-electron chi connectivity index (χ4n) is 3.80. The third-order valence-electron chi connectivity index (χ3n) is 5.62. The Hall–Kier alpha value is -2.97. The lowest BCUT2D eigenvalue weighted by Gasteiger charge is -2.31. The van der Waals surface area contributed by atoms with Gasteiger partial charge in [0.1, 0.15) is 24.1 Å². The smallest absolute Gasteiger partial charge is 0.266 e. The number of hydrogen-bond donors (Lipinski definition) is 1. The van der Waals surface area contributed by atoms with Crippen LogP contribution in [0.2, 0.25) is 0 Å². The Bertz CT molecular complexity index is 1160. The van der Waals surface area contributed by atoms with Crippen molar-refractivity contribution >= 4 is 16.7 Å². The van der Waals surface area contributed by atoms with Crippen LogP contribution in [0.4, 0.5) is 23.4 Å². The zero-order valence-corrected chi connectivity index (χ0v) is 16.4. The summed E-state index contributed by atoms with van der Waals surface area (Å²) >= 11 is 0. The zero-order valence-electron chi connectivity index (χ0n) is 16.4. The zero-order chi connectivity index (χ0) is 21.6. The average Bonchev–Trinajstić information content (AvgIpc) is 2.68. The van der Waals surface area contributed by atoms with Gasteiger partial charge in [0.15, 0.2) is 0 Å². The van der Waals surface area contributed by atoms with Gasteiger partial charge in [-0.2, -0.15) is 0 Å². The number of nitrogens with zero attached hydrogens (tertiary/aromatic N) is 3. The number of hydrogen-bond acceptors (Lipinski definition) is 4. The van der Waals surface area contributed by atoms with Crippen LogP contribution < -0.4 is 10.9 Å². The number of aromatic nitrogens is 3. The van der Waals surface area contributed by atoms with Gasteiger partial charge >= 0.3 is 0 Å². The van der Waals surface area contributed by atoms with Crippen molar-refractivity contribution in [2.24, 2.45) is 0 Å². The van der Waals surface area contributed by atoms with Crippen molar-refractivity contribution in [2.75, 3.05) is 5.32 Å². The van der Waals surface area contributed by atoms with Crippen LogP contribution in [0.5, 0.6) is 0 Å². The molecular weight excluding hydrogens is 400 g/mol. The van der Waals surface area contributed by atoms with Crippen molar-refractivity contribution in [3.63, 3.8) is 0 Å². The van der Waals surface area contributed by atoms with E-state index in [4.69, 9.17) is 0 Å². The molecule has 1 aliphatic rings. The molecule has 0 radical (unpaired) electrons. The van der Waals surface area contributed by atoms with E-state index in [1.807, 2.05) is 0 Å². The fraction of sp³-hybridized carbons (Fsp3) is 0.381. The molecule has 2 heterocycles. The molecule has 9 heteroatoms. The SMILES string of the molecule is Cc1c(=O)n([C@H]2C[C@H](F)C2)cc2c(N[C@H](C)c3cccc(C(F)F)c3F)ncnc12. The molecule has 1 fully saturated rings. The van der Waals surface area contributed by atoms with Gasteiger partial charge in [0.2, 0.25) is 0 Å². The van der Waals surface area contributed by atoms with Crippen LogP contribution in [0.25, 0.3) is 10.9 Å². The first-order chi connectivity index (χ1) is 14.3. The van der Waals surface area contributed by atoms with Crippen molar-refractivity contribution < 1.29 is 17.6 Å². The van der Waals surface area contributed by atoms with Gasteiger partial charge in [-0.05, 0) is 26.7 Å². The maximum Gasteiger partial charge on any atom is 0.266 e. The predicted octanol–water partition coefficient (Wildman–Crippen LogP) is 5.02. The highest BCUT2D eigenvalue weighted by Crippen LogP contribution is 2.35. The van der Waals surface area contributed by atoms with Gasteiger partial charge in [0.05, 0.1) is 22.5 Å². The van der Waals surface area contributed by atoms with Gasteiger partial charge in [0.25, 0.3) is 12.0 Å². The molecule has 0 saturated heterocycles. The van der Waals surface area contributed by atoms with E-state index in [0.717, 1.165) is 6.07 Å². The van der Waals surface area contributed by atoms with E-state index in [1.165, 1.54) is 23.0 Å². The molecule has 0 amide bonds. The Morgan fingerprint density at radius 1 is 1.20 bits per heavy atom. The van der Waals surface area contributed by atoms with Gasteiger partial charge < -0.3 is 9.88 Å². The predicted molar refractivity (Wildman–Crippen MR) is 105 cm³/mol. The number of anilines is 1. The summed E-state index contributed by atoms with van der Waals surface area (Å²) in [6.45, 7) is 3.27. The topological polar surface area (TPSA) is 59.8 Å². The Labute approximate surface area is 169 Å². The Morgan fingerprint density at radius 2 is 1.90 bits per heavy atom. The minimum atomic E-state index is -2.92. The molecular formula is C21H20F4N4O. The number of aryl methyl sites for hydroxylation is 1. The normalized spacial score (nSPS) is 19.7. The van der Waals surface area contributed by atoms with Gasteiger partial charge in [-0.3, -0.25) is 4.79 Å². The second-order valence-electron chi connectivity index (χ2n) is 7.59. The van der Waals surface area contributed by atoms with Crippen molar-refractivity contribution in [1.29, 1.82) is 0 Å². The Morgan fingerprint density at radius 3 is 2.57 bits per heavy atom. The minimum absolute atomic E-state index is 0.0730. The summed E-state index contributed by atoms with van der Waals surface area (Å²) < 4.78 is 55.4. The number of fused-ring (bicyclic) bond motifs is 1. The van der Waals surface area contributed by atoms with Crippen LogP contribution in [-0.4, -0.2) is 20.7 Å². The first-order valence-electron chi connectivity index (χ1n) is 9.61. The molecule has 0 unspecified atom stereocenters. The van der Waals surface area contributed by atoms with Gasteiger partial charge in [-0.15, -0.1) is 0 Å². The third kappa shape index (κ3) is 3.42. The van der Waals surface area contributed by atoms with Crippen molar-refractivity contribution in [1.82, 2.24) is 14.5 Å². The molecule has 1 atom stereocenters. The van der Waals surface area contributed by atoms with Crippen LogP contribution >= 0.6 is 0 Å². The standard InChI is InChI=1S/C21H20F4N4O/c1-10-18-16(8-29(21(10)30)13-6-12(22)7-13)20(27-9-26-18)28-11(2)14-4-3-5-15(17(14)23)19(24)25/h3-5,8-9,11-13,19H,6-7H2,1-2H3,(H,26,27,28)/t11-,12-,13-/m1/s1. The maximum atomic E-state index is 14.5. The van der Waals surface area contributed by atoms with E-state index in [9.17, 15) is 22.4 Å². The van der Waals surface area contributed by atoms with E-state index < -0.39 is 30.0 Å².